The van der Waals surface area contributed by atoms with Gasteiger partial charge in [-0.2, -0.15) is 0 Å². The second-order valence-corrected chi connectivity index (χ2v) is 5.32. The molecule has 0 bridgehead atoms. The van der Waals surface area contributed by atoms with Gasteiger partial charge in [0.1, 0.15) is 0 Å². The van der Waals surface area contributed by atoms with E-state index in [-0.39, 0.29) is 18.6 Å². The van der Waals surface area contributed by atoms with E-state index in [1.165, 1.54) is 0 Å². The van der Waals surface area contributed by atoms with Crippen molar-refractivity contribution in [2.45, 2.75) is 6.10 Å². The number of morpholine rings is 1. The summed E-state index contributed by atoms with van der Waals surface area (Å²) in [7, 11) is 0. The highest BCUT2D eigenvalue weighted by atomic mass is 79.9. The van der Waals surface area contributed by atoms with Gasteiger partial charge in [0.2, 0.25) is 0 Å². The van der Waals surface area contributed by atoms with Crippen molar-refractivity contribution in [2.24, 2.45) is 0 Å². The molecule has 98 valence electrons. The molecule has 18 heavy (non-hydrogen) atoms. The van der Waals surface area contributed by atoms with Crippen LogP contribution >= 0.6 is 27.5 Å². The molecule has 0 saturated carbocycles. The van der Waals surface area contributed by atoms with Gasteiger partial charge in [0, 0.05) is 23.1 Å². The third-order valence-corrected chi connectivity index (χ3v) is 4.01. The van der Waals surface area contributed by atoms with Crippen LogP contribution in [0.3, 0.4) is 0 Å². The maximum absolute atomic E-state index is 12.2. The first-order chi connectivity index (χ1) is 8.61. The maximum atomic E-state index is 12.2. The fourth-order valence-electron chi connectivity index (χ4n) is 1.83. The maximum Gasteiger partial charge on any atom is 0.254 e. The minimum Gasteiger partial charge on any atom is -0.394 e. The van der Waals surface area contributed by atoms with Gasteiger partial charge in [-0.1, -0.05) is 11.6 Å². The van der Waals surface area contributed by atoms with Crippen LogP contribution in [-0.2, 0) is 4.74 Å². The number of hydrogen-bond acceptors (Lipinski definition) is 3. The van der Waals surface area contributed by atoms with E-state index in [1.54, 1.807) is 23.1 Å². The van der Waals surface area contributed by atoms with Crippen molar-refractivity contribution in [3.05, 3.63) is 33.3 Å². The number of aliphatic hydroxyl groups excluding tert-OH is 1. The number of nitrogens with zero attached hydrogens (tertiary/aromatic N) is 1. The Morgan fingerprint density at radius 2 is 2.39 bits per heavy atom. The van der Waals surface area contributed by atoms with Crippen molar-refractivity contribution in [1.82, 2.24) is 4.90 Å². The van der Waals surface area contributed by atoms with Crippen LogP contribution in [0, 0.1) is 0 Å². The second-order valence-electron chi connectivity index (χ2n) is 4.06. The molecule has 1 amide bonds. The smallest absolute Gasteiger partial charge is 0.254 e. The number of rotatable bonds is 2. The van der Waals surface area contributed by atoms with Crippen LogP contribution in [0.4, 0.5) is 0 Å². The third kappa shape index (κ3) is 3.03. The zero-order valence-electron chi connectivity index (χ0n) is 9.60. The number of carbonyl (C=O) groups is 1. The Bertz CT molecular complexity index is 455. The summed E-state index contributed by atoms with van der Waals surface area (Å²) in [6.45, 7) is 1.32. The molecular weight excluding hydrogens is 321 g/mol. The molecule has 0 aromatic heterocycles. The molecular formula is C12H13BrClNO3. The number of ether oxygens (including phenoxy) is 1. The monoisotopic (exact) mass is 333 g/mol. The minimum absolute atomic E-state index is 0.0749. The molecule has 1 unspecified atom stereocenters. The Morgan fingerprint density at radius 3 is 3.06 bits per heavy atom. The van der Waals surface area contributed by atoms with Crippen molar-refractivity contribution in [3.8, 4) is 0 Å². The van der Waals surface area contributed by atoms with E-state index in [2.05, 4.69) is 15.9 Å². The molecule has 1 saturated heterocycles. The average Bonchev–Trinajstić information content (AvgIpc) is 2.41. The summed E-state index contributed by atoms with van der Waals surface area (Å²) >= 11 is 9.19. The minimum atomic E-state index is -0.293. The third-order valence-electron chi connectivity index (χ3n) is 2.80. The molecule has 1 heterocycles. The number of halogens is 2. The van der Waals surface area contributed by atoms with Crippen LogP contribution in [0.15, 0.2) is 22.7 Å². The standard InChI is InChI=1S/C12H13BrClNO3/c13-10-5-8(1-2-11(10)14)12(17)15-3-4-18-9(6-15)7-16/h1-2,5,9,16H,3-4,6-7H2. The van der Waals surface area contributed by atoms with Crippen molar-refractivity contribution < 1.29 is 14.6 Å². The van der Waals surface area contributed by atoms with E-state index >= 15 is 0 Å². The van der Waals surface area contributed by atoms with E-state index in [1.807, 2.05) is 0 Å². The molecule has 4 nitrogen and oxygen atoms in total. The molecule has 1 aliphatic rings. The molecule has 1 fully saturated rings. The SMILES string of the molecule is O=C(c1ccc(Cl)c(Br)c1)N1CCOC(CO)C1. The van der Waals surface area contributed by atoms with Gasteiger partial charge < -0.3 is 14.7 Å². The van der Waals surface area contributed by atoms with Crippen molar-refractivity contribution >= 4 is 33.4 Å². The second kappa shape index (κ2) is 6.02. The predicted octanol–water partition coefficient (Wildman–Crippen LogP) is 1.94. The highest BCUT2D eigenvalue weighted by molar-refractivity contribution is 9.10. The van der Waals surface area contributed by atoms with Gasteiger partial charge in [-0.3, -0.25) is 4.79 Å². The quantitative estimate of drug-likeness (QED) is 0.899. The Labute approximate surface area is 119 Å². The highest BCUT2D eigenvalue weighted by Gasteiger charge is 2.24. The summed E-state index contributed by atoms with van der Waals surface area (Å²) in [6.07, 6.45) is -0.293. The first-order valence-electron chi connectivity index (χ1n) is 5.58. The molecule has 1 atom stereocenters. The fourth-order valence-corrected chi connectivity index (χ4v) is 2.32. The van der Waals surface area contributed by atoms with Gasteiger partial charge in [0.25, 0.3) is 5.91 Å². The number of amides is 1. The molecule has 1 aromatic carbocycles. The van der Waals surface area contributed by atoms with E-state index in [4.69, 9.17) is 21.4 Å². The van der Waals surface area contributed by atoms with E-state index in [0.29, 0.717) is 34.8 Å². The fraction of sp³-hybridized carbons (Fsp3) is 0.417. The summed E-state index contributed by atoms with van der Waals surface area (Å²) in [5.41, 5.74) is 0.574. The Hall–Kier alpha value is -0.620. The summed E-state index contributed by atoms with van der Waals surface area (Å²) in [4.78, 5) is 13.9. The van der Waals surface area contributed by atoms with E-state index in [0.717, 1.165) is 0 Å². The lowest BCUT2D eigenvalue weighted by atomic mass is 10.1. The Morgan fingerprint density at radius 1 is 1.61 bits per heavy atom. The number of hydrogen-bond donors (Lipinski definition) is 1. The number of benzene rings is 1. The number of carbonyl (C=O) groups excluding carboxylic acids is 1. The summed E-state index contributed by atoms with van der Waals surface area (Å²) in [5.74, 6) is -0.0749. The predicted molar refractivity (Wildman–Crippen MR) is 71.9 cm³/mol. The van der Waals surface area contributed by atoms with Crippen LogP contribution in [0.5, 0.6) is 0 Å². The van der Waals surface area contributed by atoms with E-state index < -0.39 is 0 Å². The van der Waals surface area contributed by atoms with Crippen LogP contribution in [0.1, 0.15) is 10.4 Å². The largest absolute Gasteiger partial charge is 0.394 e. The first-order valence-corrected chi connectivity index (χ1v) is 6.75. The molecule has 2 rings (SSSR count). The molecule has 0 spiro atoms. The van der Waals surface area contributed by atoms with Crippen LogP contribution < -0.4 is 0 Å². The molecule has 0 radical (unpaired) electrons. The highest BCUT2D eigenvalue weighted by Crippen LogP contribution is 2.24. The zero-order chi connectivity index (χ0) is 13.1. The lowest BCUT2D eigenvalue weighted by Crippen LogP contribution is -2.46. The molecule has 1 aromatic rings. The topological polar surface area (TPSA) is 49.8 Å². The van der Waals surface area contributed by atoms with Crippen LogP contribution in [0.2, 0.25) is 5.02 Å². The Balaban J connectivity index is 2.12. The van der Waals surface area contributed by atoms with E-state index in [9.17, 15) is 4.79 Å². The zero-order valence-corrected chi connectivity index (χ0v) is 11.9. The van der Waals surface area contributed by atoms with Gasteiger partial charge in [-0.25, -0.2) is 0 Å². The van der Waals surface area contributed by atoms with Gasteiger partial charge in [-0.05, 0) is 34.1 Å². The molecule has 1 N–H and O–H groups in total. The van der Waals surface area contributed by atoms with Gasteiger partial charge in [0.05, 0.1) is 24.3 Å². The summed E-state index contributed by atoms with van der Waals surface area (Å²) in [6, 6.07) is 5.08. The molecule has 6 heteroatoms. The van der Waals surface area contributed by atoms with Gasteiger partial charge in [-0.15, -0.1) is 0 Å². The molecule has 0 aliphatic carbocycles. The number of aliphatic hydroxyl groups is 1. The van der Waals surface area contributed by atoms with Crippen molar-refractivity contribution in [2.75, 3.05) is 26.3 Å². The average molecular weight is 335 g/mol. The van der Waals surface area contributed by atoms with Crippen LogP contribution in [0.25, 0.3) is 0 Å². The summed E-state index contributed by atoms with van der Waals surface area (Å²) in [5, 5.41) is 9.62. The summed E-state index contributed by atoms with van der Waals surface area (Å²) < 4.78 is 6.01. The Kier molecular flexibility index (Phi) is 4.61. The van der Waals surface area contributed by atoms with Gasteiger partial charge in [0.15, 0.2) is 0 Å². The normalized spacial score (nSPS) is 19.9. The van der Waals surface area contributed by atoms with Crippen molar-refractivity contribution in [3.63, 3.8) is 0 Å². The lowest BCUT2D eigenvalue weighted by Gasteiger charge is -2.32. The van der Waals surface area contributed by atoms with Crippen molar-refractivity contribution in [1.29, 1.82) is 0 Å². The van der Waals surface area contributed by atoms with Crippen LogP contribution in [-0.4, -0.2) is 48.3 Å². The first kappa shape index (κ1) is 13.8. The molecule has 1 aliphatic heterocycles. The van der Waals surface area contributed by atoms with Gasteiger partial charge >= 0.3 is 0 Å². The lowest BCUT2D eigenvalue weighted by molar-refractivity contribution is -0.0447.